The Kier molecular flexibility index (Phi) is 3.52. The number of carbonyl (C=O) groups is 1. The minimum atomic E-state index is -0.881. The van der Waals surface area contributed by atoms with Gasteiger partial charge < -0.3 is 15.4 Å². The molecular formula is C11H12N4O2S. The number of rotatable bonds is 4. The fraction of sp³-hybridized carbons (Fsp3) is 0.182. The highest BCUT2D eigenvalue weighted by atomic mass is 32.2. The number of hydrogen-bond donors (Lipinski definition) is 2. The summed E-state index contributed by atoms with van der Waals surface area (Å²) in [5.74, 6) is -0.258. The summed E-state index contributed by atoms with van der Waals surface area (Å²) in [5.41, 5.74) is 7.21. The second-order valence-electron chi connectivity index (χ2n) is 3.67. The number of aliphatic carboxylic acids is 1. The van der Waals surface area contributed by atoms with Gasteiger partial charge >= 0.3 is 5.97 Å². The van der Waals surface area contributed by atoms with Crippen LogP contribution in [0.1, 0.15) is 0 Å². The quantitative estimate of drug-likeness (QED) is 0.637. The molecule has 0 radical (unpaired) electrons. The highest BCUT2D eigenvalue weighted by Crippen LogP contribution is 2.23. The van der Waals surface area contributed by atoms with Crippen molar-refractivity contribution in [3.05, 3.63) is 24.3 Å². The molecule has 0 aliphatic rings. The van der Waals surface area contributed by atoms with E-state index in [1.165, 1.54) is 0 Å². The van der Waals surface area contributed by atoms with Gasteiger partial charge in [0.05, 0.1) is 5.75 Å². The molecule has 1 aromatic carbocycles. The summed E-state index contributed by atoms with van der Waals surface area (Å²) in [6.07, 6.45) is 0. The molecule has 2 aromatic rings. The minimum absolute atomic E-state index is 0.0388. The van der Waals surface area contributed by atoms with Crippen LogP contribution in [0.15, 0.2) is 29.4 Å². The largest absolute Gasteiger partial charge is 0.481 e. The maximum absolute atomic E-state index is 10.5. The monoisotopic (exact) mass is 264 g/mol. The van der Waals surface area contributed by atoms with E-state index in [1.807, 2.05) is 12.1 Å². The predicted molar refractivity (Wildman–Crippen MR) is 69.2 cm³/mol. The Morgan fingerprint density at radius 3 is 2.94 bits per heavy atom. The molecular weight excluding hydrogens is 252 g/mol. The molecule has 0 fully saturated rings. The van der Waals surface area contributed by atoms with Crippen LogP contribution < -0.4 is 5.73 Å². The second-order valence-corrected chi connectivity index (χ2v) is 4.62. The number of hydrogen-bond acceptors (Lipinski definition) is 5. The van der Waals surface area contributed by atoms with Crippen molar-refractivity contribution in [3.8, 4) is 11.4 Å². The average molecular weight is 264 g/mol. The minimum Gasteiger partial charge on any atom is -0.481 e. The number of nitrogens with zero attached hydrogens (tertiary/aromatic N) is 3. The number of thioether (sulfide) groups is 1. The highest BCUT2D eigenvalue weighted by Gasteiger charge is 2.12. The van der Waals surface area contributed by atoms with E-state index in [4.69, 9.17) is 10.8 Å². The topological polar surface area (TPSA) is 94.0 Å². The van der Waals surface area contributed by atoms with Gasteiger partial charge in [0.2, 0.25) is 0 Å². The number of aromatic nitrogens is 3. The van der Waals surface area contributed by atoms with Crippen LogP contribution >= 0.6 is 11.8 Å². The Morgan fingerprint density at radius 1 is 1.50 bits per heavy atom. The number of anilines is 1. The van der Waals surface area contributed by atoms with Crippen molar-refractivity contribution in [2.24, 2.45) is 7.05 Å². The third kappa shape index (κ3) is 2.62. The molecule has 6 nitrogen and oxygen atoms in total. The van der Waals surface area contributed by atoms with Crippen molar-refractivity contribution in [1.29, 1.82) is 0 Å². The first-order valence-corrected chi connectivity index (χ1v) is 6.16. The first-order chi connectivity index (χ1) is 8.58. The average Bonchev–Trinajstić information content (AvgIpc) is 2.68. The fourth-order valence-electron chi connectivity index (χ4n) is 1.50. The van der Waals surface area contributed by atoms with E-state index < -0.39 is 5.97 Å². The summed E-state index contributed by atoms with van der Waals surface area (Å²) >= 11 is 1.13. The Hall–Kier alpha value is -2.02. The number of benzene rings is 1. The lowest BCUT2D eigenvalue weighted by Gasteiger charge is -2.03. The number of carboxylic acids is 1. The van der Waals surface area contributed by atoms with E-state index in [0.717, 1.165) is 17.3 Å². The number of carboxylic acid groups (broad SMARTS) is 1. The zero-order chi connectivity index (χ0) is 13.1. The third-order valence-corrected chi connectivity index (χ3v) is 3.31. The molecule has 0 amide bonds. The zero-order valence-corrected chi connectivity index (χ0v) is 10.5. The van der Waals surface area contributed by atoms with Crippen LogP contribution in [0.2, 0.25) is 0 Å². The molecule has 0 saturated carbocycles. The van der Waals surface area contributed by atoms with E-state index in [9.17, 15) is 4.79 Å². The van der Waals surface area contributed by atoms with Crippen LogP contribution in [0.25, 0.3) is 11.4 Å². The molecule has 18 heavy (non-hydrogen) atoms. The Balaban J connectivity index is 2.28. The van der Waals surface area contributed by atoms with Crippen molar-refractivity contribution in [2.45, 2.75) is 5.16 Å². The first kappa shape index (κ1) is 12.4. The molecule has 94 valence electrons. The van der Waals surface area contributed by atoms with Crippen molar-refractivity contribution in [1.82, 2.24) is 14.8 Å². The van der Waals surface area contributed by atoms with Crippen LogP contribution in [-0.4, -0.2) is 31.6 Å². The SMILES string of the molecule is Cn1c(SCC(=O)O)nnc1-c1cccc(N)c1. The highest BCUT2D eigenvalue weighted by molar-refractivity contribution is 7.99. The van der Waals surface area contributed by atoms with E-state index in [1.54, 1.807) is 23.7 Å². The lowest BCUT2D eigenvalue weighted by Crippen LogP contribution is -2.01. The summed E-state index contributed by atoms with van der Waals surface area (Å²) in [5, 5.41) is 17.2. The summed E-state index contributed by atoms with van der Waals surface area (Å²) in [6.45, 7) is 0. The molecule has 0 unspecified atom stereocenters. The van der Waals surface area contributed by atoms with Gasteiger partial charge in [-0.05, 0) is 12.1 Å². The van der Waals surface area contributed by atoms with Gasteiger partial charge in [-0.15, -0.1) is 10.2 Å². The lowest BCUT2D eigenvalue weighted by atomic mass is 10.2. The van der Waals surface area contributed by atoms with E-state index >= 15 is 0 Å². The summed E-state index contributed by atoms with van der Waals surface area (Å²) in [4.78, 5) is 10.5. The van der Waals surface area contributed by atoms with Gasteiger partial charge in [0.1, 0.15) is 0 Å². The smallest absolute Gasteiger partial charge is 0.313 e. The van der Waals surface area contributed by atoms with Crippen molar-refractivity contribution >= 4 is 23.4 Å². The number of nitrogen functional groups attached to an aromatic ring is 1. The normalized spacial score (nSPS) is 10.5. The molecule has 1 heterocycles. The van der Waals surface area contributed by atoms with Crippen LogP contribution in [0.4, 0.5) is 5.69 Å². The van der Waals surface area contributed by atoms with Gasteiger partial charge in [0.15, 0.2) is 11.0 Å². The zero-order valence-electron chi connectivity index (χ0n) is 9.70. The fourth-order valence-corrected chi connectivity index (χ4v) is 2.13. The Bertz CT molecular complexity index is 582. The first-order valence-electron chi connectivity index (χ1n) is 5.18. The van der Waals surface area contributed by atoms with Crippen LogP contribution in [0.3, 0.4) is 0 Å². The predicted octanol–water partition coefficient (Wildman–Crippen LogP) is 1.24. The van der Waals surface area contributed by atoms with Crippen molar-refractivity contribution < 1.29 is 9.90 Å². The molecule has 0 saturated heterocycles. The van der Waals surface area contributed by atoms with Gasteiger partial charge in [0, 0.05) is 18.3 Å². The Labute approximate surface area is 108 Å². The molecule has 0 bridgehead atoms. The van der Waals surface area contributed by atoms with E-state index in [-0.39, 0.29) is 5.75 Å². The maximum atomic E-state index is 10.5. The molecule has 0 atom stereocenters. The van der Waals surface area contributed by atoms with Gasteiger partial charge in [0.25, 0.3) is 0 Å². The summed E-state index contributed by atoms with van der Waals surface area (Å²) in [6, 6.07) is 7.31. The van der Waals surface area contributed by atoms with Gasteiger partial charge in [-0.2, -0.15) is 0 Å². The van der Waals surface area contributed by atoms with Gasteiger partial charge in [-0.3, -0.25) is 4.79 Å². The van der Waals surface area contributed by atoms with Crippen LogP contribution in [0, 0.1) is 0 Å². The van der Waals surface area contributed by atoms with Gasteiger partial charge in [-0.1, -0.05) is 23.9 Å². The molecule has 0 spiro atoms. The molecule has 0 aliphatic carbocycles. The molecule has 0 aliphatic heterocycles. The lowest BCUT2D eigenvalue weighted by molar-refractivity contribution is -0.133. The Morgan fingerprint density at radius 2 is 2.28 bits per heavy atom. The molecule has 1 aromatic heterocycles. The van der Waals surface area contributed by atoms with Crippen molar-refractivity contribution in [2.75, 3.05) is 11.5 Å². The van der Waals surface area contributed by atoms with Crippen LogP contribution in [-0.2, 0) is 11.8 Å². The van der Waals surface area contributed by atoms with E-state index in [2.05, 4.69) is 10.2 Å². The maximum Gasteiger partial charge on any atom is 0.313 e. The molecule has 7 heteroatoms. The molecule has 2 rings (SSSR count). The van der Waals surface area contributed by atoms with Crippen molar-refractivity contribution in [3.63, 3.8) is 0 Å². The van der Waals surface area contributed by atoms with Gasteiger partial charge in [-0.25, -0.2) is 0 Å². The number of nitrogens with two attached hydrogens (primary N) is 1. The summed E-state index contributed by atoms with van der Waals surface area (Å²) in [7, 11) is 1.79. The van der Waals surface area contributed by atoms with E-state index in [0.29, 0.717) is 16.7 Å². The third-order valence-electron chi connectivity index (χ3n) is 2.30. The standard InChI is InChI=1S/C11H12N4O2S/c1-15-10(7-3-2-4-8(12)5-7)13-14-11(15)18-6-9(16)17/h2-5H,6,12H2,1H3,(H,16,17). The molecule has 3 N–H and O–H groups in total. The second kappa shape index (κ2) is 5.09. The summed E-state index contributed by atoms with van der Waals surface area (Å²) < 4.78 is 1.75. The van der Waals surface area contributed by atoms with Crippen LogP contribution in [0.5, 0.6) is 0 Å².